The minimum Gasteiger partial charge on any atom is -0.494 e. The number of hydrogen-bond acceptors (Lipinski definition) is 4. The van der Waals surface area contributed by atoms with Crippen LogP contribution in [0.25, 0.3) is 0 Å². The van der Waals surface area contributed by atoms with Crippen molar-refractivity contribution in [2.24, 2.45) is 4.99 Å². The number of guanidine groups is 1. The van der Waals surface area contributed by atoms with Crippen molar-refractivity contribution in [3.8, 4) is 5.75 Å². The lowest BCUT2D eigenvalue weighted by Gasteiger charge is -2.11. The predicted molar refractivity (Wildman–Crippen MR) is 91.6 cm³/mol. The highest BCUT2D eigenvalue weighted by atomic mass is 32.1. The van der Waals surface area contributed by atoms with Crippen LogP contribution in [0.1, 0.15) is 16.3 Å². The van der Waals surface area contributed by atoms with E-state index in [-0.39, 0.29) is 0 Å². The predicted octanol–water partition coefficient (Wildman–Crippen LogP) is 2.59. The van der Waals surface area contributed by atoms with Gasteiger partial charge >= 0.3 is 0 Å². The summed E-state index contributed by atoms with van der Waals surface area (Å²) in [5.74, 6) is 1.69. The summed E-state index contributed by atoms with van der Waals surface area (Å²) >= 11 is 1.69. The molecule has 0 atom stereocenters. The van der Waals surface area contributed by atoms with Crippen LogP contribution in [0, 0.1) is 6.92 Å². The molecule has 0 fully saturated rings. The smallest absolute Gasteiger partial charge is 0.191 e. The van der Waals surface area contributed by atoms with E-state index in [9.17, 15) is 0 Å². The molecule has 0 amide bonds. The molecule has 118 valence electrons. The SMILES string of the molecule is CN=C(NCCCOc1ccccc1)NCc1ncc(C)s1. The summed E-state index contributed by atoms with van der Waals surface area (Å²) in [6.07, 6.45) is 2.80. The number of hydrogen-bond donors (Lipinski definition) is 2. The molecule has 5 nitrogen and oxygen atoms in total. The van der Waals surface area contributed by atoms with E-state index in [0.717, 1.165) is 29.7 Å². The zero-order valence-electron chi connectivity index (χ0n) is 13.0. The molecule has 0 saturated heterocycles. The minimum absolute atomic E-state index is 0.680. The number of ether oxygens (including phenoxy) is 1. The van der Waals surface area contributed by atoms with Gasteiger partial charge in [-0.3, -0.25) is 4.99 Å². The van der Waals surface area contributed by atoms with Crippen molar-refractivity contribution in [1.29, 1.82) is 0 Å². The lowest BCUT2D eigenvalue weighted by atomic mass is 10.3. The van der Waals surface area contributed by atoms with Crippen molar-refractivity contribution < 1.29 is 4.74 Å². The van der Waals surface area contributed by atoms with E-state index in [1.165, 1.54) is 4.88 Å². The summed E-state index contributed by atoms with van der Waals surface area (Å²) in [4.78, 5) is 9.73. The lowest BCUT2D eigenvalue weighted by molar-refractivity contribution is 0.311. The molecule has 2 aromatic rings. The highest BCUT2D eigenvalue weighted by Crippen LogP contribution is 2.10. The number of rotatable bonds is 7. The summed E-state index contributed by atoms with van der Waals surface area (Å²) in [5.41, 5.74) is 0. The van der Waals surface area contributed by atoms with Crippen molar-refractivity contribution >= 4 is 17.3 Å². The fourth-order valence-corrected chi connectivity index (χ4v) is 2.58. The zero-order valence-corrected chi connectivity index (χ0v) is 13.8. The summed E-state index contributed by atoms with van der Waals surface area (Å²) < 4.78 is 5.64. The molecule has 0 aliphatic rings. The van der Waals surface area contributed by atoms with E-state index in [1.54, 1.807) is 18.4 Å². The molecular weight excluding hydrogens is 296 g/mol. The number of aliphatic imine (C=N–C) groups is 1. The van der Waals surface area contributed by atoms with Gasteiger partial charge in [0.05, 0.1) is 13.2 Å². The fourth-order valence-electron chi connectivity index (χ4n) is 1.85. The van der Waals surface area contributed by atoms with E-state index >= 15 is 0 Å². The van der Waals surface area contributed by atoms with Gasteiger partial charge in [0, 0.05) is 24.7 Å². The molecule has 1 heterocycles. The molecule has 0 radical (unpaired) electrons. The summed E-state index contributed by atoms with van der Waals surface area (Å²) in [6, 6.07) is 9.85. The molecule has 0 saturated carbocycles. The Balaban J connectivity index is 1.60. The second-order valence-corrected chi connectivity index (χ2v) is 6.05. The number of nitrogens with zero attached hydrogens (tertiary/aromatic N) is 2. The van der Waals surface area contributed by atoms with E-state index in [1.807, 2.05) is 36.5 Å². The van der Waals surface area contributed by atoms with Crippen LogP contribution in [0.2, 0.25) is 0 Å². The van der Waals surface area contributed by atoms with Crippen LogP contribution in [0.5, 0.6) is 5.75 Å². The van der Waals surface area contributed by atoms with Crippen molar-refractivity contribution in [2.75, 3.05) is 20.2 Å². The minimum atomic E-state index is 0.680. The molecule has 0 aliphatic heterocycles. The first-order valence-corrected chi connectivity index (χ1v) is 8.13. The topological polar surface area (TPSA) is 58.5 Å². The molecule has 1 aromatic carbocycles. The van der Waals surface area contributed by atoms with Crippen molar-refractivity contribution in [1.82, 2.24) is 15.6 Å². The quantitative estimate of drug-likeness (QED) is 0.468. The van der Waals surface area contributed by atoms with Crippen LogP contribution < -0.4 is 15.4 Å². The number of aromatic nitrogens is 1. The monoisotopic (exact) mass is 318 g/mol. The Labute approximate surface area is 135 Å². The fraction of sp³-hybridized carbons (Fsp3) is 0.375. The summed E-state index contributed by atoms with van der Waals surface area (Å²) in [7, 11) is 1.77. The van der Waals surface area contributed by atoms with E-state index in [2.05, 4.69) is 27.5 Å². The first kappa shape index (κ1) is 16.3. The van der Waals surface area contributed by atoms with Gasteiger partial charge in [-0.15, -0.1) is 11.3 Å². The van der Waals surface area contributed by atoms with Gasteiger partial charge < -0.3 is 15.4 Å². The van der Waals surface area contributed by atoms with Crippen LogP contribution in [0.15, 0.2) is 41.5 Å². The average Bonchev–Trinajstić information content (AvgIpc) is 2.96. The van der Waals surface area contributed by atoms with Crippen LogP contribution in [-0.4, -0.2) is 31.1 Å². The maximum atomic E-state index is 5.64. The summed E-state index contributed by atoms with van der Waals surface area (Å²) in [5, 5.41) is 7.58. The molecule has 1 aromatic heterocycles. The third kappa shape index (κ3) is 5.73. The van der Waals surface area contributed by atoms with Gasteiger partial charge in [0.2, 0.25) is 0 Å². The van der Waals surface area contributed by atoms with Crippen LogP contribution >= 0.6 is 11.3 Å². The van der Waals surface area contributed by atoms with E-state index < -0.39 is 0 Å². The van der Waals surface area contributed by atoms with Gasteiger partial charge in [0.15, 0.2) is 5.96 Å². The second kappa shape index (κ2) is 9.04. The first-order chi connectivity index (χ1) is 10.8. The van der Waals surface area contributed by atoms with Crippen molar-refractivity contribution in [3.05, 3.63) is 46.4 Å². The normalized spacial score (nSPS) is 11.3. The van der Waals surface area contributed by atoms with Gasteiger partial charge in [-0.05, 0) is 25.5 Å². The molecule has 6 heteroatoms. The van der Waals surface area contributed by atoms with E-state index in [0.29, 0.717) is 13.2 Å². The molecule has 0 unspecified atom stereocenters. The van der Waals surface area contributed by atoms with Crippen LogP contribution in [0.3, 0.4) is 0 Å². The molecule has 22 heavy (non-hydrogen) atoms. The lowest BCUT2D eigenvalue weighted by Crippen LogP contribution is -2.37. The maximum absolute atomic E-state index is 5.64. The maximum Gasteiger partial charge on any atom is 0.191 e. The first-order valence-electron chi connectivity index (χ1n) is 7.31. The molecular formula is C16H22N4OS. The van der Waals surface area contributed by atoms with Gasteiger partial charge in [0.25, 0.3) is 0 Å². The number of aryl methyl sites for hydroxylation is 1. The molecule has 2 N–H and O–H groups in total. The van der Waals surface area contributed by atoms with Gasteiger partial charge in [-0.2, -0.15) is 0 Å². The Morgan fingerprint density at radius 2 is 2.09 bits per heavy atom. The highest BCUT2D eigenvalue weighted by molar-refractivity contribution is 7.11. The number of benzene rings is 1. The Hall–Kier alpha value is -2.08. The molecule has 0 aliphatic carbocycles. The Kier molecular flexibility index (Phi) is 6.70. The van der Waals surface area contributed by atoms with Gasteiger partial charge in [-0.25, -0.2) is 4.98 Å². The average molecular weight is 318 g/mol. The van der Waals surface area contributed by atoms with Crippen LogP contribution in [-0.2, 0) is 6.54 Å². The zero-order chi connectivity index (χ0) is 15.6. The van der Waals surface area contributed by atoms with Crippen molar-refractivity contribution in [2.45, 2.75) is 19.9 Å². The Morgan fingerprint density at radius 3 is 2.77 bits per heavy atom. The number of para-hydroxylation sites is 1. The third-order valence-electron chi connectivity index (χ3n) is 2.93. The largest absolute Gasteiger partial charge is 0.494 e. The van der Waals surface area contributed by atoms with Crippen LogP contribution in [0.4, 0.5) is 0 Å². The third-order valence-corrected chi connectivity index (χ3v) is 3.84. The number of nitrogens with one attached hydrogen (secondary N) is 2. The number of thiazole rings is 1. The molecule has 2 rings (SSSR count). The Morgan fingerprint density at radius 1 is 1.27 bits per heavy atom. The molecule has 0 spiro atoms. The summed E-state index contributed by atoms with van der Waals surface area (Å²) in [6.45, 7) is 4.24. The van der Waals surface area contributed by atoms with Crippen molar-refractivity contribution in [3.63, 3.8) is 0 Å². The van der Waals surface area contributed by atoms with Gasteiger partial charge in [-0.1, -0.05) is 18.2 Å². The Bertz CT molecular complexity index is 583. The van der Waals surface area contributed by atoms with E-state index in [4.69, 9.17) is 4.74 Å². The second-order valence-electron chi connectivity index (χ2n) is 4.73. The van der Waals surface area contributed by atoms with Gasteiger partial charge in [0.1, 0.15) is 10.8 Å². The highest BCUT2D eigenvalue weighted by Gasteiger charge is 2.01. The molecule has 0 bridgehead atoms. The standard InChI is InChI=1S/C16H22N4OS/c1-13-11-19-15(22-13)12-20-16(17-2)18-9-6-10-21-14-7-4-3-5-8-14/h3-5,7-8,11H,6,9-10,12H2,1-2H3,(H2,17,18,20).